The van der Waals surface area contributed by atoms with Crippen LogP contribution in [0.2, 0.25) is 0 Å². The smallest absolute Gasteiger partial charge is 0.127 e. The van der Waals surface area contributed by atoms with Crippen molar-refractivity contribution in [3.8, 4) is 11.5 Å². The van der Waals surface area contributed by atoms with Gasteiger partial charge < -0.3 is 14.6 Å². The van der Waals surface area contributed by atoms with Crippen molar-refractivity contribution in [1.29, 1.82) is 0 Å². The molecule has 0 radical (unpaired) electrons. The summed E-state index contributed by atoms with van der Waals surface area (Å²) in [6.45, 7) is 15.4. The van der Waals surface area contributed by atoms with Gasteiger partial charge in [-0.2, -0.15) is 0 Å². The summed E-state index contributed by atoms with van der Waals surface area (Å²) in [6, 6.07) is 10.4. The number of benzene rings is 2. The van der Waals surface area contributed by atoms with E-state index in [1.165, 1.54) is 27.8 Å². The summed E-state index contributed by atoms with van der Waals surface area (Å²) in [5, 5.41) is 9.18. The maximum absolute atomic E-state index is 9.18. The molecule has 1 N–H and O–H groups in total. The van der Waals surface area contributed by atoms with E-state index in [1.807, 2.05) is 6.07 Å². The number of fused-ring (bicyclic) bond motifs is 1. The summed E-state index contributed by atoms with van der Waals surface area (Å²) < 4.78 is 13.1. The van der Waals surface area contributed by atoms with E-state index in [9.17, 15) is 5.11 Å². The SMILES string of the molecule is Cc1c(C)c2c(c(C)c1OCc1ccccc1)CCC(C)(CN1CCN(CCO)CC1)O2. The highest BCUT2D eigenvalue weighted by molar-refractivity contribution is 5.59. The maximum Gasteiger partial charge on any atom is 0.127 e. The van der Waals surface area contributed by atoms with Crippen LogP contribution >= 0.6 is 0 Å². The molecule has 0 aromatic heterocycles. The zero-order chi connectivity index (χ0) is 22.7. The van der Waals surface area contributed by atoms with Gasteiger partial charge in [0.1, 0.15) is 23.7 Å². The van der Waals surface area contributed by atoms with Crippen LogP contribution < -0.4 is 9.47 Å². The van der Waals surface area contributed by atoms with E-state index in [2.05, 4.69) is 61.8 Å². The molecule has 0 aliphatic carbocycles. The molecule has 0 saturated carbocycles. The van der Waals surface area contributed by atoms with Crippen molar-refractivity contribution < 1.29 is 14.6 Å². The number of ether oxygens (including phenoxy) is 2. The molecule has 2 aliphatic rings. The van der Waals surface area contributed by atoms with Crippen LogP contribution in [0.1, 0.15) is 41.2 Å². The molecular weight excluding hydrogens is 400 g/mol. The monoisotopic (exact) mass is 438 g/mol. The molecule has 2 aliphatic heterocycles. The molecule has 0 amide bonds. The Kier molecular flexibility index (Phi) is 7.08. The lowest BCUT2D eigenvalue weighted by Crippen LogP contribution is -2.54. The number of rotatable bonds is 7. The Labute approximate surface area is 192 Å². The van der Waals surface area contributed by atoms with Crippen molar-refractivity contribution >= 4 is 0 Å². The molecule has 2 aromatic rings. The molecule has 5 nitrogen and oxygen atoms in total. The Morgan fingerprint density at radius 1 is 0.969 bits per heavy atom. The highest BCUT2D eigenvalue weighted by Gasteiger charge is 2.36. The van der Waals surface area contributed by atoms with Gasteiger partial charge in [0.2, 0.25) is 0 Å². The second kappa shape index (κ2) is 9.82. The summed E-state index contributed by atoms with van der Waals surface area (Å²) >= 11 is 0. The van der Waals surface area contributed by atoms with E-state index in [0.717, 1.165) is 63.6 Å². The minimum atomic E-state index is -0.178. The average molecular weight is 439 g/mol. The fourth-order valence-electron chi connectivity index (χ4n) is 5.12. The van der Waals surface area contributed by atoms with Crippen LogP contribution in [0.25, 0.3) is 0 Å². The third-order valence-corrected chi connectivity index (χ3v) is 7.23. The number of piperazine rings is 1. The first-order valence-electron chi connectivity index (χ1n) is 11.9. The topological polar surface area (TPSA) is 45.2 Å². The molecule has 1 atom stereocenters. The van der Waals surface area contributed by atoms with Crippen molar-refractivity contribution in [2.24, 2.45) is 0 Å². The molecule has 5 heteroatoms. The highest BCUT2D eigenvalue weighted by Crippen LogP contribution is 2.44. The second-order valence-electron chi connectivity index (χ2n) is 9.68. The molecule has 2 aromatic carbocycles. The largest absolute Gasteiger partial charge is 0.488 e. The number of hydrogen-bond donors (Lipinski definition) is 1. The van der Waals surface area contributed by atoms with Gasteiger partial charge >= 0.3 is 0 Å². The summed E-state index contributed by atoms with van der Waals surface area (Å²) in [5.41, 5.74) is 5.92. The summed E-state index contributed by atoms with van der Waals surface area (Å²) in [4.78, 5) is 4.86. The van der Waals surface area contributed by atoms with E-state index < -0.39 is 0 Å². The van der Waals surface area contributed by atoms with Crippen LogP contribution in [0.5, 0.6) is 11.5 Å². The van der Waals surface area contributed by atoms with Gasteiger partial charge in [-0.05, 0) is 62.8 Å². The fourth-order valence-corrected chi connectivity index (χ4v) is 5.12. The molecule has 32 heavy (non-hydrogen) atoms. The van der Waals surface area contributed by atoms with Gasteiger partial charge in [0.15, 0.2) is 0 Å². The Morgan fingerprint density at radius 3 is 2.34 bits per heavy atom. The van der Waals surface area contributed by atoms with Gasteiger partial charge in [-0.25, -0.2) is 0 Å². The zero-order valence-corrected chi connectivity index (χ0v) is 20.1. The Bertz CT molecular complexity index is 922. The first-order valence-corrected chi connectivity index (χ1v) is 11.9. The van der Waals surface area contributed by atoms with Crippen LogP contribution in [0.15, 0.2) is 30.3 Å². The minimum absolute atomic E-state index is 0.178. The first-order chi connectivity index (χ1) is 15.4. The van der Waals surface area contributed by atoms with E-state index in [0.29, 0.717) is 6.61 Å². The highest BCUT2D eigenvalue weighted by atomic mass is 16.5. The first kappa shape index (κ1) is 23.1. The van der Waals surface area contributed by atoms with Gasteiger partial charge in [-0.3, -0.25) is 9.80 Å². The molecule has 0 spiro atoms. The third-order valence-electron chi connectivity index (χ3n) is 7.23. The van der Waals surface area contributed by atoms with Crippen molar-refractivity contribution in [1.82, 2.24) is 9.80 Å². The minimum Gasteiger partial charge on any atom is -0.488 e. The molecule has 1 fully saturated rings. The summed E-state index contributed by atoms with van der Waals surface area (Å²) in [5.74, 6) is 2.08. The lowest BCUT2D eigenvalue weighted by molar-refractivity contribution is 0.00677. The molecule has 1 saturated heterocycles. The standard InChI is InChI=1S/C27H38N2O3/c1-20-21(2)26-24(22(3)25(20)31-18-23-8-6-5-7-9-23)10-11-27(4,32-26)19-29-14-12-28(13-15-29)16-17-30/h5-9,30H,10-19H2,1-4H3. The van der Waals surface area contributed by atoms with Crippen LogP contribution in [-0.4, -0.2) is 66.4 Å². The predicted octanol–water partition coefficient (Wildman–Crippen LogP) is 3.88. The van der Waals surface area contributed by atoms with Gasteiger partial charge in [0, 0.05) is 44.8 Å². The van der Waals surface area contributed by atoms with Crippen molar-refractivity contribution in [3.05, 3.63) is 58.1 Å². The second-order valence-corrected chi connectivity index (χ2v) is 9.68. The van der Waals surface area contributed by atoms with Gasteiger partial charge in [-0.15, -0.1) is 0 Å². The van der Waals surface area contributed by atoms with E-state index in [-0.39, 0.29) is 12.2 Å². The number of aliphatic hydroxyl groups excluding tert-OH is 1. The number of hydrogen-bond acceptors (Lipinski definition) is 5. The van der Waals surface area contributed by atoms with E-state index in [1.54, 1.807) is 0 Å². The molecule has 174 valence electrons. The Morgan fingerprint density at radius 2 is 1.66 bits per heavy atom. The molecule has 2 heterocycles. The van der Waals surface area contributed by atoms with Crippen molar-refractivity contribution in [2.75, 3.05) is 45.9 Å². The van der Waals surface area contributed by atoms with Gasteiger partial charge in [0.05, 0.1) is 6.61 Å². The zero-order valence-electron chi connectivity index (χ0n) is 20.1. The number of nitrogens with zero attached hydrogens (tertiary/aromatic N) is 2. The quantitative estimate of drug-likeness (QED) is 0.711. The normalized spacial score (nSPS) is 21.8. The van der Waals surface area contributed by atoms with E-state index >= 15 is 0 Å². The van der Waals surface area contributed by atoms with Crippen molar-refractivity contribution in [2.45, 2.75) is 52.7 Å². The molecule has 1 unspecified atom stereocenters. The third kappa shape index (κ3) is 4.95. The lowest BCUT2D eigenvalue weighted by Gasteiger charge is -2.43. The fraction of sp³-hybridized carbons (Fsp3) is 0.556. The van der Waals surface area contributed by atoms with Crippen LogP contribution in [0.4, 0.5) is 0 Å². The molecule has 0 bridgehead atoms. The van der Waals surface area contributed by atoms with Crippen LogP contribution in [-0.2, 0) is 13.0 Å². The lowest BCUT2D eigenvalue weighted by atomic mass is 9.86. The molecule has 4 rings (SSSR count). The van der Waals surface area contributed by atoms with Gasteiger partial charge in [0.25, 0.3) is 0 Å². The van der Waals surface area contributed by atoms with E-state index in [4.69, 9.17) is 9.47 Å². The Hall–Kier alpha value is -2.08. The maximum atomic E-state index is 9.18. The molecular formula is C27H38N2O3. The average Bonchev–Trinajstić information content (AvgIpc) is 2.79. The number of aliphatic hydroxyl groups is 1. The van der Waals surface area contributed by atoms with Crippen LogP contribution in [0, 0.1) is 20.8 Å². The summed E-state index contributed by atoms with van der Waals surface area (Å²) in [7, 11) is 0. The van der Waals surface area contributed by atoms with Crippen LogP contribution in [0.3, 0.4) is 0 Å². The number of β-amino-alcohol motifs (C(OH)–C–C–N with tert-alkyl or cyclic N) is 1. The Balaban J connectivity index is 1.47. The summed E-state index contributed by atoms with van der Waals surface area (Å²) in [6.07, 6.45) is 2.03. The predicted molar refractivity (Wildman–Crippen MR) is 129 cm³/mol. The van der Waals surface area contributed by atoms with Crippen molar-refractivity contribution in [3.63, 3.8) is 0 Å². The van der Waals surface area contributed by atoms with Gasteiger partial charge in [-0.1, -0.05) is 30.3 Å².